The van der Waals surface area contributed by atoms with E-state index in [4.69, 9.17) is 5.73 Å². The smallest absolute Gasteiger partial charge is 0.240 e. The van der Waals surface area contributed by atoms with E-state index >= 15 is 0 Å². The van der Waals surface area contributed by atoms with Gasteiger partial charge in [-0.2, -0.15) is 0 Å². The lowest BCUT2D eigenvalue weighted by molar-refractivity contribution is -0.129. The first-order chi connectivity index (χ1) is 8.81. The molecule has 1 amide bonds. The molecule has 5 nitrogen and oxygen atoms in total. The molecule has 0 bridgehead atoms. The molecule has 1 aliphatic rings. The number of nitrogens with two attached hydrogens (primary N) is 1. The number of nitrogens with one attached hydrogen (secondary N) is 1. The average molecular weight is 282 g/mol. The second-order valence-electron chi connectivity index (χ2n) is 5.11. The van der Waals surface area contributed by atoms with Gasteiger partial charge >= 0.3 is 0 Å². The van der Waals surface area contributed by atoms with Crippen LogP contribution in [-0.4, -0.2) is 26.1 Å². The van der Waals surface area contributed by atoms with Crippen molar-refractivity contribution in [2.45, 2.75) is 36.2 Å². The highest BCUT2D eigenvalue weighted by Crippen LogP contribution is 2.29. The van der Waals surface area contributed by atoms with Gasteiger partial charge in [-0.25, -0.2) is 8.42 Å². The van der Waals surface area contributed by atoms with Crippen LogP contribution in [0, 0.1) is 0 Å². The van der Waals surface area contributed by atoms with E-state index in [1.54, 1.807) is 24.3 Å². The molecule has 0 spiro atoms. The van der Waals surface area contributed by atoms with Crippen LogP contribution in [0.4, 0.5) is 0 Å². The van der Waals surface area contributed by atoms with Crippen LogP contribution in [0.1, 0.15) is 24.8 Å². The number of benzene rings is 1. The van der Waals surface area contributed by atoms with Crippen molar-refractivity contribution in [3.8, 4) is 0 Å². The fourth-order valence-corrected chi connectivity index (χ4v) is 2.63. The highest BCUT2D eigenvalue weighted by molar-refractivity contribution is 7.90. The van der Waals surface area contributed by atoms with E-state index in [9.17, 15) is 13.2 Å². The quantitative estimate of drug-likeness (QED) is 0.845. The van der Waals surface area contributed by atoms with Gasteiger partial charge in [0.25, 0.3) is 0 Å². The van der Waals surface area contributed by atoms with Crippen molar-refractivity contribution in [1.82, 2.24) is 5.32 Å². The Hall–Kier alpha value is -1.40. The monoisotopic (exact) mass is 282 g/mol. The molecule has 0 unspecified atom stereocenters. The zero-order chi connectivity index (χ0) is 14.1. The predicted octanol–water partition coefficient (Wildman–Crippen LogP) is 0.588. The van der Waals surface area contributed by atoms with Gasteiger partial charge in [-0.05, 0) is 37.0 Å². The van der Waals surface area contributed by atoms with Gasteiger partial charge in [-0.15, -0.1) is 0 Å². The molecule has 1 aromatic rings. The Morgan fingerprint density at radius 2 is 1.89 bits per heavy atom. The lowest BCUT2D eigenvalue weighted by Gasteiger charge is -2.36. The van der Waals surface area contributed by atoms with Crippen LogP contribution in [0.3, 0.4) is 0 Å². The minimum atomic E-state index is -3.18. The van der Waals surface area contributed by atoms with Crippen molar-refractivity contribution < 1.29 is 13.2 Å². The molecule has 1 aromatic carbocycles. The molecule has 2 rings (SSSR count). The van der Waals surface area contributed by atoms with Gasteiger partial charge < -0.3 is 11.1 Å². The number of carbonyl (C=O) groups excluding carboxylic acids is 1. The van der Waals surface area contributed by atoms with Gasteiger partial charge in [0.2, 0.25) is 5.91 Å². The summed E-state index contributed by atoms with van der Waals surface area (Å²) in [6.07, 6.45) is 3.61. The second-order valence-corrected chi connectivity index (χ2v) is 7.12. The summed E-state index contributed by atoms with van der Waals surface area (Å²) in [5.41, 5.74) is 6.05. The Morgan fingerprint density at radius 1 is 1.32 bits per heavy atom. The Bertz CT molecular complexity index is 574. The van der Waals surface area contributed by atoms with E-state index in [1.165, 1.54) is 6.26 Å². The summed E-state index contributed by atoms with van der Waals surface area (Å²) in [4.78, 5) is 12.1. The number of carbonyl (C=O) groups is 1. The largest absolute Gasteiger partial charge is 0.350 e. The molecule has 0 atom stereocenters. The van der Waals surface area contributed by atoms with Crippen molar-refractivity contribution in [3.05, 3.63) is 29.8 Å². The summed E-state index contributed by atoms with van der Waals surface area (Å²) < 4.78 is 22.6. The lowest BCUT2D eigenvalue weighted by Crippen LogP contribution is -2.58. The number of amides is 1. The predicted molar refractivity (Wildman–Crippen MR) is 72.2 cm³/mol. The first kappa shape index (κ1) is 14.0. The summed E-state index contributed by atoms with van der Waals surface area (Å²) in [5, 5.41) is 2.79. The molecule has 1 saturated carbocycles. The summed E-state index contributed by atoms with van der Waals surface area (Å²) in [7, 11) is -3.18. The molecular formula is C13H18N2O3S. The Labute approximate surface area is 113 Å². The lowest BCUT2D eigenvalue weighted by atomic mass is 9.77. The van der Waals surface area contributed by atoms with Gasteiger partial charge in [0, 0.05) is 12.8 Å². The Kier molecular flexibility index (Phi) is 3.64. The fraction of sp³-hybridized carbons (Fsp3) is 0.462. The van der Waals surface area contributed by atoms with Crippen LogP contribution in [0.15, 0.2) is 29.2 Å². The van der Waals surface area contributed by atoms with E-state index < -0.39 is 15.4 Å². The molecule has 0 saturated heterocycles. The third-order valence-corrected chi connectivity index (χ3v) is 4.63. The molecule has 19 heavy (non-hydrogen) atoms. The number of hydrogen-bond acceptors (Lipinski definition) is 4. The molecular weight excluding hydrogens is 264 g/mol. The SMILES string of the molecule is CS(=O)(=O)c1ccc(CNC(=O)C2(N)CCC2)cc1. The van der Waals surface area contributed by atoms with Crippen molar-refractivity contribution >= 4 is 15.7 Å². The van der Waals surface area contributed by atoms with Crippen LogP contribution < -0.4 is 11.1 Å². The normalized spacial score (nSPS) is 17.6. The number of hydrogen-bond donors (Lipinski definition) is 2. The standard InChI is InChI=1S/C13H18N2O3S/c1-19(17,18)11-5-3-10(4-6-11)9-15-12(16)13(14)7-2-8-13/h3-6H,2,7-9,14H2,1H3,(H,15,16). The van der Waals surface area contributed by atoms with Gasteiger partial charge in [0.15, 0.2) is 9.84 Å². The maximum Gasteiger partial charge on any atom is 0.240 e. The van der Waals surface area contributed by atoms with Crippen LogP contribution in [0.5, 0.6) is 0 Å². The molecule has 3 N–H and O–H groups in total. The van der Waals surface area contributed by atoms with Crippen LogP contribution in [0.2, 0.25) is 0 Å². The molecule has 1 fully saturated rings. The Morgan fingerprint density at radius 3 is 2.32 bits per heavy atom. The van der Waals surface area contributed by atoms with E-state index in [0.717, 1.165) is 24.8 Å². The molecule has 0 aliphatic heterocycles. The first-order valence-electron chi connectivity index (χ1n) is 6.17. The van der Waals surface area contributed by atoms with Crippen LogP contribution >= 0.6 is 0 Å². The van der Waals surface area contributed by atoms with Gasteiger partial charge in [0.1, 0.15) is 0 Å². The van der Waals surface area contributed by atoms with Gasteiger partial charge in [0.05, 0.1) is 10.4 Å². The molecule has 1 aliphatic carbocycles. The van der Waals surface area contributed by atoms with Crippen molar-refractivity contribution in [1.29, 1.82) is 0 Å². The summed E-state index contributed by atoms with van der Waals surface area (Å²) in [6, 6.07) is 6.47. The fourth-order valence-electron chi connectivity index (χ4n) is 2.00. The average Bonchev–Trinajstić information content (AvgIpc) is 2.32. The van der Waals surface area contributed by atoms with E-state index in [-0.39, 0.29) is 10.8 Å². The molecule has 6 heteroatoms. The number of sulfone groups is 1. The van der Waals surface area contributed by atoms with Crippen molar-refractivity contribution in [2.75, 3.05) is 6.26 Å². The summed E-state index contributed by atoms with van der Waals surface area (Å²) in [6.45, 7) is 0.363. The minimum absolute atomic E-state index is 0.133. The molecule has 104 valence electrons. The Balaban J connectivity index is 1.95. The number of rotatable bonds is 4. The second kappa shape index (κ2) is 4.94. The maximum absolute atomic E-state index is 11.8. The highest BCUT2D eigenvalue weighted by atomic mass is 32.2. The third-order valence-electron chi connectivity index (χ3n) is 3.50. The topological polar surface area (TPSA) is 89.3 Å². The summed E-state index contributed by atoms with van der Waals surface area (Å²) >= 11 is 0. The van der Waals surface area contributed by atoms with Crippen molar-refractivity contribution in [3.63, 3.8) is 0 Å². The third kappa shape index (κ3) is 3.13. The molecule has 0 aromatic heterocycles. The zero-order valence-corrected chi connectivity index (χ0v) is 11.7. The summed E-state index contributed by atoms with van der Waals surface area (Å²) in [5.74, 6) is -0.133. The highest BCUT2D eigenvalue weighted by Gasteiger charge is 2.39. The molecule has 0 heterocycles. The van der Waals surface area contributed by atoms with Gasteiger partial charge in [-0.3, -0.25) is 4.79 Å². The van der Waals surface area contributed by atoms with Crippen molar-refractivity contribution in [2.24, 2.45) is 5.73 Å². The molecule has 0 radical (unpaired) electrons. The van der Waals surface area contributed by atoms with Crippen LogP contribution in [-0.2, 0) is 21.2 Å². The zero-order valence-electron chi connectivity index (χ0n) is 10.8. The first-order valence-corrected chi connectivity index (χ1v) is 8.07. The van der Waals surface area contributed by atoms with E-state index in [2.05, 4.69) is 5.32 Å². The van der Waals surface area contributed by atoms with E-state index in [0.29, 0.717) is 6.54 Å². The minimum Gasteiger partial charge on any atom is -0.350 e. The van der Waals surface area contributed by atoms with E-state index in [1.807, 2.05) is 0 Å². The van der Waals surface area contributed by atoms with Crippen LogP contribution in [0.25, 0.3) is 0 Å². The van der Waals surface area contributed by atoms with Gasteiger partial charge in [-0.1, -0.05) is 12.1 Å². The maximum atomic E-state index is 11.8.